The van der Waals surface area contributed by atoms with E-state index in [0.29, 0.717) is 24.7 Å². The zero-order chi connectivity index (χ0) is 25.7. The first-order valence-corrected chi connectivity index (χ1v) is 11.9. The molecule has 3 aromatic rings. The molecule has 1 atom stereocenters. The Morgan fingerprint density at radius 1 is 1.06 bits per heavy atom. The van der Waals surface area contributed by atoms with Crippen LogP contribution in [0.4, 0.5) is 0 Å². The van der Waals surface area contributed by atoms with E-state index in [1.165, 1.54) is 0 Å². The van der Waals surface area contributed by atoms with Gasteiger partial charge in [0.1, 0.15) is 23.9 Å². The summed E-state index contributed by atoms with van der Waals surface area (Å²) in [4.78, 5) is 15.0. The Bertz CT molecular complexity index is 1230. The molecule has 2 heterocycles. The molecule has 0 bridgehead atoms. The highest BCUT2D eigenvalue weighted by molar-refractivity contribution is 5.92. The fraction of sp³-hybridized carbons (Fsp3) is 0.357. The minimum atomic E-state index is -0.0481. The van der Waals surface area contributed by atoms with E-state index in [-0.39, 0.29) is 11.9 Å². The highest BCUT2D eigenvalue weighted by Gasteiger charge is 2.31. The van der Waals surface area contributed by atoms with Crippen LogP contribution in [0.2, 0.25) is 0 Å². The average Bonchev–Trinajstić information content (AvgIpc) is 3.52. The molecule has 1 unspecified atom stereocenters. The van der Waals surface area contributed by atoms with Crippen molar-refractivity contribution >= 4 is 12.0 Å². The van der Waals surface area contributed by atoms with Crippen molar-refractivity contribution in [1.29, 1.82) is 0 Å². The molecule has 8 nitrogen and oxygen atoms in total. The molecule has 0 spiro atoms. The Morgan fingerprint density at radius 3 is 2.56 bits per heavy atom. The van der Waals surface area contributed by atoms with Crippen molar-refractivity contribution < 1.29 is 28.3 Å². The number of benzene rings is 2. The number of hydrogen-bond acceptors (Lipinski definition) is 7. The Kier molecular flexibility index (Phi) is 7.83. The third-order valence-corrected chi connectivity index (χ3v) is 6.49. The fourth-order valence-corrected chi connectivity index (χ4v) is 4.48. The first-order valence-electron chi connectivity index (χ1n) is 11.9. The van der Waals surface area contributed by atoms with Crippen LogP contribution in [0.3, 0.4) is 0 Å². The maximum absolute atomic E-state index is 13.1. The largest absolute Gasteiger partial charge is 0.497 e. The molecule has 4 rings (SSSR count). The van der Waals surface area contributed by atoms with Crippen molar-refractivity contribution in [3.63, 3.8) is 0 Å². The summed E-state index contributed by atoms with van der Waals surface area (Å²) < 4.78 is 27.6. The van der Waals surface area contributed by atoms with Gasteiger partial charge in [-0.15, -0.1) is 0 Å². The third-order valence-electron chi connectivity index (χ3n) is 6.49. The maximum atomic E-state index is 13.1. The van der Waals surface area contributed by atoms with Crippen LogP contribution in [-0.2, 0) is 11.4 Å². The summed E-state index contributed by atoms with van der Waals surface area (Å²) in [5, 5.41) is 3.96. The zero-order valence-electron chi connectivity index (χ0n) is 21.4. The van der Waals surface area contributed by atoms with E-state index in [9.17, 15) is 4.79 Å². The summed E-state index contributed by atoms with van der Waals surface area (Å²) in [5.41, 5.74) is 3.54. The second kappa shape index (κ2) is 11.2. The minimum absolute atomic E-state index is 0.0438. The van der Waals surface area contributed by atoms with Crippen molar-refractivity contribution in [3.05, 3.63) is 70.6 Å². The SMILES string of the molecule is COc1ccc(C2CCCN2C(=O)C=Cc2ccc(OCc3c(C)noc3C)c(OC)c2)c(OC)c1. The number of likely N-dealkylation sites (tertiary alicyclic amines) is 1. The van der Waals surface area contributed by atoms with Crippen molar-refractivity contribution in [3.8, 4) is 23.0 Å². The van der Waals surface area contributed by atoms with Crippen molar-refractivity contribution in [2.45, 2.75) is 39.3 Å². The van der Waals surface area contributed by atoms with E-state index < -0.39 is 0 Å². The average molecular weight is 493 g/mol. The Balaban J connectivity index is 1.46. The molecule has 0 radical (unpaired) electrons. The first kappa shape index (κ1) is 25.2. The number of carbonyl (C=O) groups excluding carboxylic acids is 1. The van der Waals surface area contributed by atoms with Gasteiger partial charge in [-0.1, -0.05) is 11.2 Å². The van der Waals surface area contributed by atoms with Gasteiger partial charge in [0.15, 0.2) is 11.5 Å². The molecule has 36 heavy (non-hydrogen) atoms. The number of ether oxygens (including phenoxy) is 4. The molecule has 0 aliphatic carbocycles. The monoisotopic (exact) mass is 492 g/mol. The molecule has 1 fully saturated rings. The third kappa shape index (κ3) is 5.32. The van der Waals surface area contributed by atoms with Crippen LogP contribution in [0.1, 0.15) is 47.0 Å². The van der Waals surface area contributed by atoms with Crippen LogP contribution in [0.5, 0.6) is 23.0 Å². The number of aryl methyl sites for hydroxylation is 2. The molecule has 1 amide bonds. The number of aromatic nitrogens is 1. The summed E-state index contributed by atoms with van der Waals surface area (Å²) >= 11 is 0. The summed E-state index contributed by atoms with van der Waals surface area (Å²) in [6.45, 7) is 4.76. The maximum Gasteiger partial charge on any atom is 0.247 e. The van der Waals surface area contributed by atoms with Crippen LogP contribution >= 0.6 is 0 Å². The predicted molar refractivity (Wildman–Crippen MR) is 136 cm³/mol. The Morgan fingerprint density at radius 2 is 1.86 bits per heavy atom. The molecular formula is C28H32N2O6. The summed E-state index contributed by atoms with van der Waals surface area (Å²) in [6.07, 6.45) is 5.22. The van der Waals surface area contributed by atoms with Gasteiger partial charge in [-0.2, -0.15) is 0 Å². The van der Waals surface area contributed by atoms with Gasteiger partial charge < -0.3 is 28.4 Å². The summed E-state index contributed by atoms with van der Waals surface area (Å²) in [7, 11) is 4.85. The van der Waals surface area contributed by atoms with Crippen molar-refractivity contribution in [2.24, 2.45) is 0 Å². The van der Waals surface area contributed by atoms with Crippen LogP contribution in [0, 0.1) is 13.8 Å². The lowest BCUT2D eigenvalue weighted by molar-refractivity contribution is -0.126. The number of carbonyl (C=O) groups is 1. The minimum Gasteiger partial charge on any atom is -0.497 e. The van der Waals surface area contributed by atoms with E-state index in [1.807, 2.05) is 55.1 Å². The lowest BCUT2D eigenvalue weighted by Crippen LogP contribution is -2.29. The molecule has 2 aromatic carbocycles. The van der Waals surface area contributed by atoms with Crippen LogP contribution < -0.4 is 18.9 Å². The van der Waals surface area contributed by atoms with Gasteiger partial charge in [0.2, 0.25) is 5.91 Å². The van der Waals surface area contributed by atoms with E-state index in [1.54, 1.807) is 33.5 Å². The van der Waals surface area contributed by atoms with Crippen LogP contribution in [-0.4, -0.2) is 43.8 Å². The van der Waals surface area contributed by atoms with Gasteiger partial charge >= 0.3 is 0 Å². The zero-order valence-corrected chi connectivity index (χ0v) is 21.4. The molecule has 190 valence electrons. The lowest BCUT2D eigenvalue weighted by atomic mass is 10.0. The van der Waals surface area contributed by atoms with Gasteiger partial charge in [-0.05, 0) is 62.6 Å². The number of rotatable bonds is 9. The number of hydrogen-bond donors (Lipinski definition) is 0. The Labute approximate surface area is 211 Å². The number of methoxy groups -OCH3 is 3. The molecule has 1 aliphatic heterocycles. The fourth-order valence-electron chi connectivity index (χ4n) is 4.48. The molecule has 8 heteroatoms. The topological polar surface area (TPSA) is 83.3 Å². The highest BCUT2D eigenvalue weighted by atomic mass is 16.5. The van der Waals surface area contributed by atoms with Gasteiger partial charge in [0.25, 0.3) is 0 Å². The number of nitrogens with zero attached hydrogens (tertiary/aromatic N) is 2. The second-order valence-corrected chi connectivity index (χ2v) is 8.63. The van der Waals surface area contributed by atoms with E-state index in [4.69, 9.17) is 23.5 Å². The molecular weight excluding hydrogens is 460 g/mol. The Hall–Kier alpha value is -3.94. The van der Waals surface area contributed by atoms with Crippen LogP contribution in [0.15, 0.2) is 47.0 Å². The lowest BCUT2D eigenvalue weighted by Gasteiger charge is -2.25. The van der Waals surface area contributed by atoms with E-state index >= 15 is 0 Å². The van der Waals surface area contributed by atoms with E-state index in [0.717, 1.165) is 52.5 Å². The number of amides is 1. The molecule has 1 aliphatic rings. The van der Waals surface area contributed by atoms with E-state index in [2.05, 4.69) is 5.16 Å². The van der Waals surface area contributed by atoms with Crippen LogP contribution in [0.25, 0.3) is 6.08 Å². The van der Waals surface area contributed by atoms with Gasteiger partial charge in [0, 0.05) is 24.3 Å². The normalized spacial score (nSPS) is 15.4. The quantitative estimate of drug-likeness (QED) is 0.376. The van der Waals surface area contributed by atoms with Gasteiger partial charge in [-0.25, -0.2) is 0 Å². The van der Waals surface area contributed by atoms with Gasteiger partial charge in [0.05, 0.1) is 38.6 Å². The molecule has 1 aromatic heterocycles. The molecule has 1 saturated heterocycles. The predicted octanol–water partition coefficient (Wildman–Crippen LogP) is 5.27. The van der Waals surface area contributed by atoms with Crippen molar-refractivity contribution in [1.82, 2.24) is 10.1 Å². The second-order valence-electron chi connectivity index (χ2n) is 8.63. The highest BCUT2D eigenvalue weighted by Crippen LogP contribution is 2.39. The standard InChI is InChI=1S/C28H32N2O6/c1-18-23(19(2)36-29-18)17-35-25-12-8-20(15-27(25)34-5)9-13-28(31)30-14-6-7-24(30)22-11-10-21(32-3)16-26(22)33-4/h8-13,15-16,24H,6-7,14,17H2,1-5H3. The smallest absolute Gasteiger partial charge is 0.247 e. The molecule has 0 N–H and O–H groups in total. The summed E-state index contributed by atoms with van der Waals surface area (Å²) in [5.74, 6) is 3.31. The van der Waals surface area contributed by atoms with Gasteiger partial charge in [-0.3, -0.25) is 4.79 Å². The first-order chi connectivity index (χ1) is 17.4. The summed E-state index contributed by atoms with van der Waals surface area (Å²) in [6, 6.07) is 11.3. The van der Waals surface area contributed by atoms with Crippen molar-refractivity contribution in [2.75, 3.05) is 27.9 Å². The molecule has 0 saturated carbocycles.